The Labute approximate surface area is 128 Å². The molecular weight excluding hydrogens is 288 g/mol. The molecule has 1 aromatic carbocycles. The van der Waals surface area contributed by atoms with Gasteiger partial charge in [-0.3, -0.25) is 9.36 Å². The number of para-hydroxylation sites is 1. The van der Waals surface area contributed by atoms with E-state index in [0.717, 1.165) is 19.3 Å². The van der Waals surface area contributed by atoms with Crippen LogP contribution in [0.3, 0.4) is 0 Å². The number of hydrogen-bond donors (Lipinski definition) is 0. The third kappa shape index (κ3) is 2.47. The largest absolute Gasteiger partial charge is 0.376 e. The summed E-state index contributed by atoms with van der Waals surface area (Å²) in [6.45, 7) is 2.36. The minimum absolute atomic E-state index is 0.0357. The van der Waals surface area contributed by atoms with E-state index in [1.807, 2.05) is 31.2 Å². The van der Waals surface area contributed by atoms with Crippen LogP contribution in [0.2, 0.25) is 0 Å². The van der Waals surface area contributed by atoms with Gasteiger partial charge in [-0.1, -0.05) is 12.1 Å². The highest BCUT2D eigenvalue weighted by Gasteiger charge is 2.38. The summed E-state index contributed by atoms with van der Waals surface area (Å²) in [4.78, 5) is 17.4. The maximum Gasteiger partial charge on any atom is 0.261 e. The molecule has 0 amide bonds. The van der Waals surface area contributed by atoms with Gasteiger partial charge in [-0.05, 0) is 38.3 Å². The van der Waals surface area contributed by atoms with E-state index in [0.29, 0.717) is 23.3 Å². The van der Waals surface area contributed by atoms with Crippen molar-refractivity contribution in [2.75, 3.05) is 7.11 Å². The number of halogens is 1. The van der Waals surface area contributed by atoms with Crippen LogP contribution < -0.4 is 5.56 Å². The van der Waals surface area contributed by atoms with Crippen molar-refractivity contribution in [3.8, 4) is 0 Å². The zero-order chi connectivity index (χ0) is 15.0. The molecule has 1 saturated carbocycles. The van der Waals surface area contributed by atoms with E-state index in [1.54, 1.807) is 11.7 Å². The minimum Gasteiger partial charge on any atom is -0.376 e. The lowest BCUT2D eigenvalue weighted by molar-refractivity contribution is -0.0846. The first-order valence-corrected chi connectivity index (χ1v) is 7.69. The molecule has 3 rings (SSSR count). The quantitative estimate of drug-likeness (QED) is 0.814. The monoisotopic (exact) mass is 306 g/mol. The van der Waals surface area contributed by atoms with E-state index in [1.165, 1.54) is 0 Å². The summed E-state index contributed by atoms with van der Waals surface area (Å²) in [5.41, 5.74) is 0.418. The van der Waals surface area contributed by atoms with E-state index in [-0.39, 0.29) is 16.5 Å². The smallest absolute Gasteiger partial charge is 0.261 e. The molecule has 4 nitrogen and oxygen atoms in total. The van der Waals surface area contributed by atoms with Crippen LogP contribution in [-0.4, -0.2) is 22.3 Å². The number of benzene rings is 1. The Morgan fingerprint density at radius 2 is 2.14 bits per heavy atom. The van der Waals surface area contributed by atoms with E-state index < -0.39 is 0 Å². The number of aromatic nitrogens is 2. The van der Waals surface area contributed by atoms with E-state index in [9.17, 15) is 4.79 Å². The highest BCUT2D eigenvalue weighted by Crippen LogP contribution is 2.37. The van der Waals surface area contributed by atoms with Crippen LogP contribution in [0, 0.1) is 0 Å². The van der Waals surface area contributed by atoms with Gasteiger partial charge in [0.25, 0.3) is 5.56 Å². The Balaban J connectivity index is 2.17. The van der Waals surface area contributed by atoms with E-state index in [4.69, 9.17) is 16.3 Å². The van der Waals surface area contributed by atoms with Gasteiger partial charge >= 0.3 is 0 Å². The normalized spacial score (nSPS) is 18.4. The molecule has 1 aliphatic rings. The first-order valence-electron chi connectivity index (χ1n) is 7.25. The molecule has 0 bridgehead atoms. The van der Waals surface area contributed by atoms with Crippen molar-refractivity contribution >= 4 is 22.5 Å². The summed E-state index contributed by atoms with van der Waals surface area (Å²) in [6.07, 6.45) is 3.08. The Hall–Kier alpha value is -1.39. The third-order valence-electron chi connectivity index (χ3n) is 4.39. The van der Waals surface area contributed by atoms with Gasteiger partial charge in [-0.25, -0.2) is 4.98 Å². The molecule has 5 heteroatoms. The fourth-order valence-corrected chi connectivity index (χ4v) is 3.09. The Kier molecular flexibility index (Phi) is 3.76. The summed E-state index contributed by atoms with van der Waals surface area (Å²) in [5, 5.41) is 0.306. The van der Waals surface area contributed by atoms with Crippen LogP contribution in [0.15, 0.2) is 29.1 Å². The molecule has 1 aromatic heterocycles. The zero-order valence-corrected chi connectivity index (χ0v) is 13.1. The SMILES string of the molecule is COC1(Cn2c(C(C)Cl)nc3ccccc3c2=O)CCC1. The van der Waals surface area contributed by atoms with Gasteiger partial charge in [0.05, 0.1) is 28.4 Å². The van der Waals surface area contributed by atoms with Crippen LogP contribution in [0.1, 0.15) is 37.4 Å². The second-order valence-corrected chi connectivity index (χ2v) is 6.39. The molecule has 0 aliphatic heterocycles. The van der Waals surface area contributed by atoms with Crippen molar-refractivity contribution in [3.63, 3.8) is 0 Å². The maximum atomic E-state index is 12.8. The molecule has 21 heavy (non-hydrogen) atoms. The highest BCUT2D eigenvalue weighted by molar-refractivity contribution is 6.20. The van der Waals surface area contributed by atoms with Crippen LogP contribution in [-0.2, 0) is 11.3 Å². The average molecular weight is 307 g/mol. The van der Waals surface area contributed by atoms with Gasteiger partial charge < -0.3 is 4.74 Å². The van der Waals surface area contributed by atoms with Crippen LogP contribution in [0.25, 0.3) is 10.9 Å². The molecule has 1 aliphatic carbocycles. The number of ether oxygens (including phenoxy) is 1. The number of hydrogen-bond acceptors (Lipinski definition) is 3. The second kappa shape index (κ2) is 5.43. The summed E-state index contributed by atoms with van der Waals surface area (Å²) in [5.74, 6) is 0.615. The van der Waals surface area contributed by atoms with Gasteiger partial charge in [0.1, 0.15) is 5.82 Å². The number of rotatable bonds is 4. The summed E-state index contributed by atoms with van der Waals surface area (Å²) >= 11 is 6.25. The molecule has 2 aromatic rings. The van der Waals surface area contributed by atoms with E-state index in [2.05, 4.69) is 4.98 Å². The van der Waals surface area contributed by atoms with Crippen LogP contribution in [0.5, 0.6) is 0 Å². The highest BCUT2D eigenvalue weighted by atomic mass is 35.5. The second-order valence-electron chi connectivity index (χ2n) is 5.74. The molecule has 112 valence electrons. The lowest BCUT2D eigenvalue weighted by Crippen LogP contribution is -2.46. The molecule has 1 unspecified atom stereocenters. The summed E-state index contributed by atoms with van der Waals surface area (Å²) in [6, 6.07) is 7.39. The molecule has 1 heterocycles. The van der Waals surface area contributed by atoms with Gasteiger partial charge in [0, 0.05) is 7.11 Å². The fourth-order valence-electron chi connectivity index (χ4n) is 2.93. The topological polar surface area (TPSA) is 44.1 Å². The predicted molar refractivity (Wildman–Crippen MR) is 83.9 cm³/mol. The Bertz CT molecular complexity index is 714. The predicted octanol–water partition coefficient (Wildman–Crippen LogP) is 3.27. The number of alkyl halides is 1. The van der Waals surface area contributed by atoms with Gasteiger partial charge in [0.15, 0.2) is 0 Å². The van der Waals surface area contributed by atoms with Crippen molar-refractivity contribution < 1.29 is 4.74 Å². The third-order valence-corrected chi connectivity index (χ3v) is 4.59. The van der Waals surface area contributed by atoms with Crippen molar-refractivity contribution in [3.05, 3.63) is 40.4 Å². The van der Waals surface area contributed by atoms with Gasteiger partial charge in [-0.15, -0.1) is 11.6 Å². The van der Waals surface area contributed by atoms with Crippen molar-refractivity contribution in [1.29, 1.82) is 0 Å². The average Bonchev–Trinajstić information content (AvgIpc) is 2.44. The molecule has 0 N–H and O–H groups in total. The summed E-state index contributed by atoms with van der Waals surface area (Å²) in [7, 11) is 1.71. The van der Waals surface area contributed by atoms with Crippen molar-refractivity contribution in [1.82, 2.24) is 9.55 Å². The molecule has 1 atom stereocenters. The van der Waals surface area contributed by atoms with Crippen LogP contribution >= 0.6 is 11.6 Å². The number of methoxy groups -OCH3 is 1. The number of nitrogens with zero attached hydrogens (tertiary/aromatic N) is 2. The maximum absolute atomic E-state index is 12.8. The van der Waals surface area contributed by atoms with Crippen LogP contribution in [0.4, 0.5) is 0 Å². The number of fused-ring (bicyclic) bond motifs is 1. The minimum atomic E-state index is -0.323. The lowest BCUT2D eigenvalue weighted by atomic mass is 9.80. The lowest BCUT2D eigenvalue weighted by Gasteiger charge is -2.41. The van der Waals surface area contributed by atoms with Crippen molar-refractivity contribution in [2.45, 2.75) is 43.7 Å². The molecule has 1 fully saturated rings. The molecule has 0 spiro atoms. The molecule has 0 radical (unpaired) electrons. The zero-order valence-electron chi connectivity index (χ0n) is 12.3. The molecular formula is C16H19ClN2O2. The molecule has 0 saturated heterocycles. The van der Waals surface area contributed by atoms with Crippen molar-refractivity contribution in [2.24, 2.45) is 0 Å². The Morgan fingerprint density at radius 1 is 1.43 bits per heavy atom. The van der Waals surface area contributed by atoms with E-state index >= 15 is 0 Å². The fraction of sp³-hybridized carbons (Fsp3) is 0.500. The summed E-state index contributed by atoms with van der Waals surface area (Å²) < 4.78 is 7.35. The standard InChI is InChI=1S/C16H19ClN2O2/c1-11(17)14-18-13-7-4-3-6-12(13)15(20)19(14)10-16(21-2)8-5-9-16/h3-4,6-7,11H,5,8-10H2,1-2H3. The van der Waals surface area contributed by atoms with Gasteiger partial charge in [-0.2, -0.15) is 0 Å². The van der Waals surface area contributed by atoms with Gasteiger partial charge in [0.2, 0.25) is 0 Å². The Morgan fingerprint density at radius 3 is 2.71 bits per heavy atom. The first kappa shape index (κ1) is 14.5. The first-order chi connectivity index (χ1) is 10.1.